The molecule has 0 spiro atoms. The van der Waals surface area contributed by atoms with E-state index in [1.807, 2.05) is 0 Å². The van der Waals surface area contributed by atoms with Crippen LogP contribution in [-0.4, -0.2) is 23.0 Å². The number of ether oxygens (including phenoxy) is 2. The van der Waals surface area contributed by atoms with Crippen LogP contribution in [0.4, 0.5) is 33.7 Å². The van der Waals surface area contributed by atoms with Crippen LogP contribution in [0.15, 0.2) is 36.4 Å². The number of nitro benzene ring substituents is 1. The summed E-state index contributed by atoms with van der Waals surface area (Å²) in [6.07, 6.45) is -5.25. The van der Waals surface area contributed by atoms with Crippen LogP contribution in [-0.2, 0) is 0 Å². The maximum Gasteiger partial charge on any atom is 0.492 e. The monoisotopic (exact) mass is 421 g/mol. The van der Waals surface area contributed by atoms with Crippen molar-refractivity contribution in [3.05, 3.63) is 57.4 Å². The van der Waals surface area contributed by atoms with Crippen molar-refractivity contribution in [1.82, 2.24) is 5.32 Å². The number of benzene rings is 2. The number of non-ortho nitro benzene ring substituents is 1. The number of halogens is 5. The van der Waals surface area contributed by atoms with E-state index in [0.717, 1.165) is 18.2 Å². The third-order valence-electron chi connectivity index (χ3n) is 3.47. The van der Waals surface area contributed by atoms with Crippen molar-refractivity contribution in [3.8, 4) is 11.5 Å². The Morgan fingerprint density at radius 3 is 2.46 bits per heavy atom. The predicted molar refractivity (Wildman–Crippen MR) is 86.7 cm³/mol. The quantitative estimate of drug-likeness (QED) is 0.439. The van der Waals surface area contributed by atoms with E-state index in [1.54, 1.807) is 5.32 Å². The number of carbonyl (C=O) groups is 1. The van der Waals surface area contributed by atoms with Gasteiger partial charge in [-0.15, -0.1) is 0 Å². The van der Waals surface area contributed by atoms with Gasteiger partial charge in [-0.1, -0.05) is 11.6 Å². The normalized spacial score (nSPS) is 17.9. The number of hydrogen-bond donors (Lipinski definition) is 2. The molecule has 0 saturated heterocycles. The molecular formula is C15H8ClF4N3O5. The van der Waals surface area contributed by atoms with E-state index in [2.05, 4.69) is 0 Å². The molecule has 3 rings (SSSR count). The van der Waals surface area contributed by atoms with Gasteiger partial charge in [-0.2, -0.15) is 13.2 Å². The molecule has 13 heteroatoms. The Kier molecular flexibility index (Phi) is 4.67. The van der Waals surface area contributed by atoms with E-state index in [4.69, 9.17) is 21.1 Å². The second kappa shape index (κ2) is 6.71. The Bertz CT molecular complexity index is 971. The lowest BCUT2D eigenvalue weighted by molar-refractivity contribution is -0.384. The number of nitro groups is 1. The van der Waals surface area contributed by atoms with Gasteiger partial charge in [0.2, 0.25) is 0 Å². The molecule has 148 valence electrons. The molecule has 1 aliphatic heterocycles. The predicted octanol–water partition coefficient (Wildman–Crippen LogP) is 4.20. The van der Waals surface area contributed by atoms with Crippen molar-refractivity contribution in [3.63, 3.8) is 0 Å². The lowest BCUT2D eigenvalue weighted by Crippen LogP contribution is -2.65. The van der Waals surface area contributed by atoms with Crippen LogP contribution in [0.1, 0.15) is 0 Å². The minimum absolute atomic E-state index is 0.0587. The van der Waals surface area contributed by atoms with Gasteiger partial charge < -0.3 is 14.8 Å². The molecule has 0 saturated carbocycles. The van der Waals surface area contributed by atoms with E-state index >= 15 is 0 Å². The fraction of sp³-hybridized carbons (Fsp3) is 0.133. The zero-order valence-corrected chi connectivity index (χ0v) is 14.1. The number of fused-ring (bicyclic) bond motifs is 1. The molecule has 0 bridgehead atoms. The molecule has 0 unspecified atom stereocenters. The zero-order chi connectivity index (χ0) is 20.7. The Morgan fingerprint density at radius 1 is 1.14 bits per heavy atom. The highest BCUT2D eigenvalue weighted by Crippen LogP contribution is 2.46. The number of urea groups is 1. The summed E-state index contributed by atoms with van der Waals surface area (Å²) < 4.78 is 63.8. The largest absolute Gasteiger partial charge is 0.492 e. The summed E-state index contributed by atoms with van der Waals surface area (Å²) in [5, 5.41) is 14.0. The van der Waals surface area contributed by atoms with Gasteiger partial charge in [0.1, 0.15) is 5.82 Å². The van der Waals surface area contributed by atoms with Crippen LogP contribution in [0.3, 0.4) is 0 Å². The van der Waals surface area contributed by atoms with Crippen LogP contribution in [0.5, 0.6) is 11.5 Å². The second-order valence-corrected chi connectivity index (χ2v) is 5.85. The van der Waals surface area contributed by atoms with Gasteiger partial charge in [-0.05, 0) is 18.2 Å². The van der Waals surface area contributed by atoms with Crippen molar-refractivity contribution in [1.29, 1.82) is 0 Å². The van der Waals surface area contributed by atoms with E-state index in [1.165, 1.54) is 11.4 Å². The molecule has 8 nitrogen and oxygen atoms in total. The summed E-state index contributed by atoms with van der Waals surface area (Å²) in [6, 6.07) is 3.94. The number of rotatable bonds is 3. The topological polar surface area (TPSA) is 103 Å². The molecule has 0 aromatic heterocycles. The number of nitrogens with zero attached hydrogens (tertiary/aromatic N) is 1. The first-order valence-corrected chi connectivity index (χ1v) is 7.66. The first-order valence-electron chi connectivity index (χ1n) is 7.28. The summed E-state index contributed by atoms with van der Waals surface area (Å²) in [6.45, 7) is 0. The van der Waals surface area contributed by atoms with Gasteiger partial charge in [0.25, 0.3) is 5.69 Å². The average molecular weight is 422 g/mol. The Balaban J connectivity index is 1.85. The van der Waals surface area contributed by atoms with Crippen LogP contribution < -0.4 is 20.1 Å². The first-order chi connectivity index (χ1) is 13.0. The third kappa shape index (κ3) is 3.58. The number of hydrogen-bond acceptors (Lipinski definition) is 5. The van der Waals surface area contributed by atoms with Gasteiger partial charge in [0.05, 0.1) is 10.6 Å². The van der Waals surface area contributed by atoms with Crippen molar-refractivity contribution in [2.45, 2.75) is 12.1 Å². The van der Waals surface area contributed by atoms with E-state index in [9.17, 15) is 32.5 Å². The van der Waals surface area contributed by atoms with Crippen molar-refractivity contribution in [2.75, 3.05) is 5.32 Å². The Labute approximate surface area is 158 Å². The maximum absolute atomic E-state index is 13.7. The summed E-state index contributed by atoms with van der Waals surface area (Å²) in [7, 11) is 0. The zero-order valence-electron chi connectivity index (χ0n) is 13.3. The molecule has 0 radical (unpaired) electrons. The Hall–Kier alpha value is -3.28. The lowest BCUT2D eigenvalue weighted by atomic mass is 10.2. The number of nitrogens with one attached hydrogen (secondary N) is 2. The van der Waals surface area contributed by atoms with Gasteiger partial charge in [0, 0.05) is 23.2 Å². The summed E-state index contributed by atoms with van der Waals surface area (Å²) >= 11 is 5.69. The number of carbonyl (C=O) groups excluding carboxylic acids is 1. The van der Waals surface area contributed by atoms with E-state index < -0.39 is 40.2 Å². The smallest absolute Gasteiger partial charge is 0.424 e. The molecule has 2 amide bonds. The minimum atomic E-state index is -5.25. The molecule has 1 heterocycles. The lowest BCUT2D eigenvalue weighted by Gasteiger charge is -2.29. The fourth-order valence-electron chi connectivity index (χ4n) is 2.24. The fourth-order valence-corrected chi connectivity index (χ4v) is 2.40. The molecular weight excluding hydrogens is 414 g/mol. The average Bonchev–Trinajstić information content (AvgIpc) is 2.94. The van der Waals surface area contributed by atoms with Crippen LogP contribution >= 0.6 is 11.6 Å². The van der Waals surface area contributed by atoms with Crippen LogP contribution in [0.25, 0.3) is 0 Å². The third-order valence-corrected chi connectivity index (χ3v) is 3.71. The standard InChI is InChI=1S/C15H8ClF4N3O5/c16-7-1-4-11-12(5-7)28-15(27-11,14(18,19)20)22-13(24)21-10-6-8(23(25)26)2-3-9(10)17/h1-6H,(H2,21,22,24)/t15-/m0/s1. The first kappa shape index (κ1) is 19.5. The number of anilines is 1. The molecule has 1 aliphatic rings. The van der Waals surface area contributed by atoms with E-state index in [-0.39, 0.29) is 16.5 Å². The highest BCUT2D eigenvalue weighted by atomic mass is 35.5. The molecule has 0 fully saturated rings. The van der Waals surface area contributed by atoms with Crippen molar-refractivity contribution in [2.24, 2.45) is 0 Å². The second-order valence-electron chi connectivity index (χ2n) is 5.41. The summed E-state index contributed by atoms with van der Waals surface area (Å²) in [5.74, 6) is -5.44. The van der Waals surface area contributed by atoms with Crippen molar-refractivity contribution >= 4 is 29.0 Å². The van der Waals surface area contributed by atoms with Crippen LogP contribution in [0.2, 0.25) is 5.02 Å². The summed E-state index contributed by atoms with van der Waals surface area (Å²) in [4.78, 5) is 21.9. The summed E-state index contributed by atoms with van der Waals surface area (Å²) in [5.41, 5.74) is -1.31. The molecule has 2 N–H and O–H groups in total. The molecule has 2 aromatic rings. The van der Waals surface area contributed by atoms with Gasteiger partial charge in [-0.3, -0.25) is 15.4 Å². The highest BCUT2D eigenvalue weighted by Gasteiger charge is 2.65. The van der Waals surface area contributed by atoms with Crippen molar-refractivity contribution < 1.29 is 36.8 Å². The maximum atomic E-state index is 13.7. The number of alkyl halides is 3. The molecule has 2 aromatic carbocycles. The SMILES string of the molecule is O=C(Nc1cc([N+](=O)[O-])ccc1F)N[C@@]1(C(F)(F)F)Oc2ccc(Cl)cc2O1. The molecule has 0 aliphatic carbocycles. The number of amides is 2. The van der Waals surface area contributed by atoms with E-state index in [0.29, 0.717) is 12.1 Å². The molecule has 1 atom stereocenters. The van der Waals surface area contributed by atoms with Gasteiger partial charge in [0.15, 0.2) is 11.5 Å². The molecule has 28 heavy (non-hydrogen) atoms. The Morgan fingerprint density at radius 2 is 1.82 bits per heavy atom. The van der Waals surface area contributed by atoms with Gasteiger partial charge in [-0.25, -0.2) is 9.18 Å². The van der Waals surface area contributed by atoms with Crippen LogP contribution in [0, 0.1) is 15.9 Å². The highest BCUT2D eigenvalue weighted by molar-refractivity contribution is 6.30. The minimum Gasteiger partial charge on any atom is -0.424 e. The van der Waals surface area contributed by atoms with Gasteiger partial charge >= 0.3 is 18.1 Å².